The third kappa shape index (κ3) is 3.29. The van der Waals surface area contributed by atoms with Gasteiger partial charge in [-0.25, -0.2) is 4.98 Å². The van der Waals surface area contributed by atoms with E-state index in [2.05, 4.69) is 10.3 Å². The van der Waals surface area contributed by atoms with Crippen LogP contribution in [0.25, 0.3) is 5.65 Å². The summed E-state index contributed by atoms with van der Waals surface area (Å²) in [6, 6.07) is 7.86. The van der Waals surface area contributed by atoms with Gasteiger partial charge in [0.1, 0.15) is 11.3 Å². The van der Waals surface area contributed by atoms with E-state index in [1.165, 1.54) is 10.5 Å². The third-order valence-corrected chi connectivity index (χ3v) is 4.21. The number of fused-ring (bicyclic) bond motifs is 1. The summed E-state index contributed by atoms with van der Waals surface area (Å²) < 4.78 is 40.4. The number of pyridine rings is 1. The maximum absolute atomic E-state index is 13.0. The summed E-state index contributed by atoms with van der Waals surface area (Å²) in [4.78, 5) is 17.1. The molecule has 0 atom stereocenters. The minimum atomic E-state index is -4.49. The van der Waals surface area contributed by atoms with Gasteiger partial charge in [-0.1, -0.05) is 19.1 Å². The quantitative estimate of drug-likeness (QED) is 0.729. The molecule has 1 aromatic carbocycles. The highest BCUT2D eigenvalue weighted by atomic mass is 19.4. The van der Waals surface area contributed by atoms with Gasteiger partial charge in [0.25, 0.3) is 5.91 Å². The van der Waals surface area contributed by atoms with Gasteiger partial charge in [-0.2, -0.15) is 13.2 Å². The number of anilines is 1. The first-order valence-electron chi connectivity index (χ1n) is 8.17. The summed E-state index contributed by atoms with van der Waals surface area (Å²) in [7, 11) is 0. The van der Waals surface area contributed by atoms with Gasteiger partial charge in [0, 0.05) is 11.9 Å². The zero-order valence-corrected chi connectivity index (χ0v) is 14.6. The fourth-order valence-electron chi connectivity index (χ4n) is 2.80. The van der Waals surface area contributed by atoms with Crippen molar-refractivity contribution in [3.8, 4) is 0 Å². The van der Waals surface area contributed by atoms with Crippen LogP contribution in [0.1, 0.15) is 39.8 Å². The Morgan fingerprint density at radius 1 is 1.19 bits per heavy atom. The fraction of sp³-hybridized carbons (Fsp3) is 0.263. The number of alkyl halides is 3. The average molecular weight is 361 g/mol. The normalized spacial score (nSPS) is 11.8. The summed E-state index contributed by atoms with van der Waals surface area (Å²) in [6.45, 7) is 5.56. The molecule has 0 saturated heterocycles. The van der Waals surface area contributed by atoms with Gasteiger partial charge in [-0.15, -0.1) is 0 Å². The zero-order valence-electron chi connectivity index (χ0n) is 14.6. The van der Waals surface area contributed by atoms with E-state index in [-0.39, 0.29) is 5.69 Å². The number of hydrogen-bond donors (Lipinski definition) is 1. The van der Waals surface area contributed by atoms with Crippen LogP contribution in [0.4, 0.5) is 18.9 Å². The highest BCUT2D eigenvalue weighted by molar-refractivity contribution is 6.05. The molecule has 0 aliphatic carbocycles. The van der Waals surface area contributed by atoms with Crippen LogP contribution in [-0.4, -0.2) is 15.3 Å². The van der Waals surface area contributed by atoms with Crippen LogP contribution in [0.3, 0.4) is 0 Å². The standard InChI is InChI=1S/C19H18F3N3O/c1-4-14-17(18(26)24-15-9-11(2)5-6-12(15)3)25-10-13(19(20,21)22)7-8-16(25)23-14/h5-10H,4H2,1-3H3,(H,24,26). The Morgan fingerprint density at radius 3 is 2.58 bits per heavy atom. The summed E-state index contributed by atoms with van der Waals surface area (Å²) in [5.41, 5.74) is 2.51. The lowest BCUT2D eigenvalue weighted by Gasteiger charge is -2.11. The monoisotopic (exact) mass is 361 g/mol. The molecule has 3 rings (SSSR count). The molecule has 2 heterocycles. The summed E-state index contributed by atoms with van der Waals surface area (Å²) in [5.74, 6) is -0.484. The molecular weight excluding hydrogens is 343 g/mol. The Kier molecular flexibility index (Phi) is 4.48. The molecule has 2 aromatic heterocycles. The van der Waals surface area contributed by atoms with E-state index < -0.39 is 17.6 Å². The number of hydrogen-bond acceptors (Lipinski definition) is 2. The molecule has 1 amide bonds. The molecule has 0 fully saturated rings. The van der Waals surface area contributed by atoms with Gasteiger partial charge in [0.15, 0.2) is 0 Å². The van der Waals surface area contributed by atoms with E-state index in [0.717, 1.165) is 23.4 Å². The largest absolute Gasteiger partial charge is 0.417 e. The number of rotatable bonds is 3. The minimum absolute atomic E-state index is 0.120. The average Bonchev–Trinajstić information content (AvgIpc) is 2.95. The second-order valence-corrected chi connectivity index (χ2v) is 6.18. The number of amides is 1. The molecular formula is C19H18F3N3O. The van der Waals surface area contributed by atoms with Crippen LogP contribution < -0.4 is 5.32 Å². The Hall–Kier alpha value is -2.83. The molecule has 3 aromatic rings. The molecule has 0 unspecified atom stereocenters. The van der Waals surface area contributed by atoms with Crippen molar-refractivity contribution < 1.29 is 18.0 Å². The molecule has 26 heavy (non-hydrogen) atoms. The molecule has 7 heteroatoms. The topological polar surface area (TPSA) is 46.4 Å². The molecule has 0 spiro atoms. The molecule has 4 nitrogen and oxygen atoms in total. The van der Waals surface area contributed by atoms with Crippen molar-refractivity contribution in [2.75, 3.05) is 5.32 Å². The van der Waals surface area contributed by atoms with E-state index in [0.29, 0.717) is 23.4 Å². The SMILES string of the molecule is CCc1nc2ccc(C(F)(F)F)cn2c1C(=O)Nc1cc(C)ccc1C. The minimum Gasteiger partial charge on any atom is -0.320 e. The van der Waals surface area contributed by atoms with Gasteiger partial charge in [0.05, 0.1) is 11.3 Å². The van der Waals surface area contributed by atoms with Crippen LogP contribution in [0, 0.1) is 13.8 Å². The second kappa shape index (κ2) is 6.48. The van der Waals surface area contributed by atoms with Crippen molar-refractivity contribution in [2.24, 2.45) is 0 Å². The molecule has 0 radical (unpaired) electrons. The highest BCUT2D eigenvalue weighted by Gasteiger charge is 2.31. The van der Waals surface area contributed by atoms with Crippen molar-refractivity contribution >= 4 is 17.2 Å². The Bertz CT molecular complexity index is 990. The number of aromatic nitrogens is 2. The van der Waals surface area contributed by atoms with E-state index in [4.69, 9.17) is 0 Å². The first-order chi connectivity index (χ1) is 12.2. The second-order valence-electron chi connectivity index (χ2n) is 6.18. The lowest BCUT2D eigenvalue weighted by atomic mass is 10.1. The van der Waals surface area contributed by atoms with Crippen molar-refractivity contribution in [3.05, 3.63) is 64.6 Å². The van der Waals surface area contributed by atoms with Crippen LogP contribution in [-0.2, 0) is 12.6 Å². The molecule has 0 saturated carbocycles. The van der Waals surface area contributed by atoms with Gasteiger partial charge in [-0.3, -0.25) is 9.20 Å². The van der Waals surface area contributed by atoms with Crippen LogP contribution in [0.5, 0.6) is 0 Å². The number of imidazole rings is 1. The van der Waals surface area contributed by atoms with Crippen LogP contribution in [0.15, 0.2) is 36.5 Å². The predicted octanol–water partition coefficient (Wildman–Crippen LogP) is 4.78. The van der Waals surface area contributed by atoms with Gasteiger partial charge < -0.3 is 5.32 Å². The highest BCUT2D eigenvalue weighted by Crippen LogP contribution is 2.30. The number of nitrogens with zero attached hydrogens (tertiary/aromatic N) is 2. The molecule has 136 valence electrons. The molecule has 1 N–H and O–H groups in total. The lowest BCUT2D eigenvalue weighted by Crippen LogP contribution is -2.17. The molecule has 0 aliphatic heterocycles. The van der Waals surface area contributed by atoms with Crippen molar-refractivity contribution in [2.45, 2.75) is 33.4 Å². The van der Waals surface area contributed by atoms with E-state index in [1.807, 2.05) is 32.0 Å². The van der Waals surface area contributed by atoms with E-state index >= 15 is 0 Å². The number of halogens is 3. The van der Waals surface area contributed by atoms with Crippen molar-refractivity contribution in [1.82, 2.24) is 9.38 Å². The Balaban J connectivity index is 2.10. The number of carbonyl (C=O) groups excluding carboxylic acids is 1. The number of carbonyl (C=O) groups is 1. The number of nitrogens with one attached hydrogen (secondary N) is 1. The molecule has 0 bridgehead atoms. The fourth-order valence-corrected chi connectivity index (χ4v) is 2.80. The Morgan fingerprint density at radius 2 is 1.92 bits per heavy atom. The Labute approximate surface area is 148 Å². The van der Waals surface area contributed by atoms with Crippen LogP contribution in [0.2, 0.25) is 0 Å². The van der Waals surface area contributed by atoms with Crippen molar-refractivity contribution in [3.63, 3.8) is 0 Å². The van der Waals surface area contributed by atoms with Crippen LogP contribution >= 0.6 is 0 Å². The number of aryl methyl sites for hydroxylation is 3. The predicted molar refractivity (Wildman–Crippen MR) is 93.4 cm³/mol. The van der Waals surface area contributed by atoms with Gasteiger partial charge >= 0.3 is 6.18 Å². The number of benzene rings is 1. The smallest absolute Gasteiger partial charge is 0.320 e. The van der Waals surface area contributed by atoms with E-state index in [9.17, 15) is 18.0 Å². The first kappa shape index (κ1) is 18.0. The van der Waals surface area contributed by atoms with Gasteiger partial charge in [-0.05, 0) is 49.6 Å². The maximum atomic E-state index is 13.0. The maximum Gasteiger partial charge on any atom is 0.417 e. The molecule has 0 aliphatic rings. The third-order valence-electron chi connectivity index (χ3n) is 4.21. The first-order valence-corrected chi connectivity index (χ1v) is 8.17. The zero-order chi connectivity index (χ0) is 19.1. The summed E-state index contributed by atoms with van der Waals surface area (Å²) in [6.07, 6.45) is -3.15. The van der Waals surface area contributed by atoms with Crippen molar-refractivity contribution in [1.29, 1.82) is 0 Å². The lowest BCUT2D eigenvalue weighted by molar-refractivity contribution is -0.137. The summed E-state index contributed by atoms with van der Waals surface area (Å²) in [5, 5.41) is 2.80. The van der Waals surface area contributed by atoms with Gasteiger partial charge in [0.2, 0.25) is 0 Å². The summed E-state index contributed by atoms with van der Waals surface area (Å²) >= 11 is 0. The van der Waals surface area contributed by atoms with E-state index in [1.54, 1.807) is 6.92 Å².